The molecule has 1 saturated heterocycles. The summed E-state index contributed by atoms with van der Waals surface area (Å²) in [6.07, 6.45) is 6.17. The second-order valence-electron chi connectivity index (χ2n) is 10.4. The van der Waals surface area contributed by atoms with Gasteiger partial charge >= 0.3 is 0 Å². The SMILES string of the molecule is CCCC1=C([C@H](O)CC/C(=C/c2ccc(O)cc2Cl)c2ccccn2)[C@H](CO)[C@@H]2C(=O)N(CCC)C(=O)[C@@H]2C1. The lowest BCUT2D eigenvalue weighted by atomic mass is 9.67. The average molecular weight is 553 g/mol. The Bertz CT molecular complexity index is 1260. The van der Waals surface area contributed by atoms with Crippen molar-refractivity contribution < 1.29 is 24.9 Å². The molecule has 4 atom stereocenters. The topological polar surface area (TPSA) is 111 Å². The largest absolute Gasteiger partial charge is 0.508 e. The smallest absolute Gasteiger partial charge is 0.233 e. The fraction of sp³-hybridized carbons (Fsp3) is 0.452. The molecule has 2 amide bonds. The summed E-state index contributed by atoms with van der Waals surface area (Å²) in [6, 6.07) is 10.4. The zero-order valence-electron chi connectivity index (χ0n) is 22.5. The lowest BCUT2D eigenvalue weighted by Gasteiger charge is -2.36. The molecule has 0 bridgehead atoms. The summed E-state index contributed by atoms with van der Waals surface area (Å²) >= 11 is 6.38. The molecule has 1 aliphatic heterocycles. The van der Waals surface area contributed by atoms with Crippen molar-refractivity contribution in [3.63, 3.8) is 0 Å². The van der Waals surface area contributed by atoms with Crippen LogP contribution in [0.15, 0.2) is 53.7 Å². The van der Waals surface area contributed by atoms with E-state index >= 15 is 0 Å². The van der Waals surface area contributed by atoms with E-state index in [-0.39, 0.29) is 24.2 Å². The first-order valence-corrected chi connectivity index (χ1v) is 14.1. The maximum atomic E-state index is 13.3. The Morgan fingerprint density at radius 2 is 1.97 bits per heavy atom. The summed E-state index contributed by atoms with van der Waals surface area (Å²) in [5.41, 5.74) is 4.01. The summed E-state index contributed by atoms with van der Waals surface area (Å²) in [4.78, 5) is 32.3. The van der Waals surface area contributed by atoms with E-state index in [0.717, 1.165) is 28.8 Å². The van der Waals surface area contributed by atoms with Crippen LogP contribution in [0.2, 0.25) is 5.02 Å². The molecule has 1 aliphatic carbocycles. The predicted octanol–water partition coefficient (Wildman–Crippen LogP) is 5.24. The average Bonchev–Trinajstić information content (AvgIpc) is 3.16. The van der Waals surface area contributed by atoms with Crippen LogP contribution in [-0.2, 0) is 9.59 Å². The van der Waals surface area contributed by atoms with Gasteiger partial charge in [-0.15, -0.1) is 0 Å². The van der Waals surface area contributed by atoms with Gasteiger partial charge < -0.3 is 15.3 Å². The number of phenolic OH excluding ortho intramolecular Hbond substituents is 1. The first-order valence-electron chi connectivity index (χ1n) is 13.8. The van der Waals surface area contributed by atoms with Crippen LogP contribution in [-0.4, -0.2) is 56.3 Å². The maximum Gasteiger partial charge on any atom is 0.233 e. The third-order valence-corrected chi connectivity index (χ3v) is 8.15. The van der Waals surface area contributed by atoms with Crippen LogP contribution in [0.1, 0.15) is 63.6 Å². The normalized spacial score (nSPS) is 22.4. The first kappa shape index (κ1) is 29.0. The van der Waals surface area contributed by atoms with Crippen LogP contribution in [0, 0.1) is 17.8 Å². The zero-order chi connectivity index (χ0) is 28.1. The molecule has 1 aromatic carbocycles. The van der Waals surface area contributed by atoms with Crippen molar-refractivity contribution in [2.24, 2.45) is 17.8 Å². The summed E-state index contributed by atoms with van der Waals surface area (Å²) in [5.74, 6) is -2.01. The molecule has 8 heteroatoms. The highest BCUT2D eigenvalue weighted by molar-refractivity contribution is 6.32. The number of benzene rings is 1. The second-order valence-corrected chi connectivity index (χ2v) is 10.8. The van der Waals surface area contributed by atoms with Gasteiger partial charge in [0.05, 0.1) is 35.3 Å². The third-order valence-electron chi connectivity index (χ3n) is 7.82. The van der Waals surface area contributed by atoms with Crippen LogP contribution in [0.4, 0.5) is 0 Å². The molecular formula is C31H37ClN2O5. The van der Waals surface area contributed by atoms with Crippen molar-refractivity contribution in [3.05, 3.63) is 70.0 Å². The molecule has 2 aliphatic rings. The van der Waals surface area contributed by atoms with E-state index in [1.54, 1.807) is 18.3 Å². The van der Waals surface area contributed by atoms with Crippen molar-refractivity contribution in [2.75, 3.05) is 13.2 Å². The van der Waals surface area contributed by atoms with E-state index in [0.29, 0.717) is 49.2 Å². The van der Waals surface area contributed by atoms with E-state index in [2.05, 4.69) is 4.98 Å². The molecule has 1 aromatic heterocycles. The van der Waals surface area contributed by atoms with Crippen molar-refractivity contribution in [2.45, 2.75) is 58.5 Å². The van der Waals surface area contributed by atoms with Crippen molar-refractivity contribution in [1.29, 1.82) is 0 Å². The van der Waals surface area contributed by atoms with Crippen LogP contribution in [0.25, 0.3) is 11.6 Å². The number of likely N-dealkylation sites (tertiary alicyclic amines) is 1. The molecular weight excluding hydrogens is 516 g/mol. The minimum Gasteiger partial charge on any atom is -0.508 e. The predicted molar refractivity (Wildman–Crippen MR) is 152 cm³/mol. The molecule has 0 saturated carbocycles. The maximum absolute atomic E-state index is 13.3. The molecule has 7 nitrogen and oxygen atoms in total. The third kappa shape index (κ3) is 6.11. The molecule has 208 valence electrons. The summed E-state index contributed by atoms with van der Waals surface area (Å²) in [7, 11) is 0. The van der Waals surface area contributed by atoms with E-state index in [1.165, 1.54) is 11.0 Å². The molecule has 2 aromatic rings. The first-order chi connectivity index (χ1) is 18.8. The number of imide groups is 1. The fourth-order valence-corrected chi connectivity index (χ4v) is 6.33. The lowest BCUT2D eigenvalue weighted by Crippen LogP contribution is -2.39. The van der Waals surface area contributed by atoms with E-state index < -0.39 is 23.9 Å². The highest BCUT2D eigenvalue weighted by Crippen LogP contribution is 2.47. The van der Waals surface area contributed by atoms with Gasteiger partial charge in [0.25, 0.3) is 0 Å². The molecule has 0 radical (unpaired) electrons. The van der Waals surface area contributed by atoms with E-state index in [1.807, 2.05) is 38.1 Å². The Labute approximate surface area is 234 Å². The number of amides is 2. The number of hydrogen-bond acceptors (Lipinski definition) is 6. The Morgan fingerprint density at radius 1 is 1.18 bits per heavy atom. The van der Waals surface area contributed by atoms with Gasteiger partial charge in [0.15, 0.2) is 0 Å². The van der Waals surface area contributed by atoms with E-state index in [4.69, 9.17) is 11.6 Å². The Kier molecular flexibility index (Phi) is 9.59. The molecule has 39 heavy (non-hydrogen) atoms. The van der Waals surface area contributed by atoms with Gasteiger partial charge in [-0.1, -0.05) is 43.5 Å². The molecule has 3 N–H and O–H groups in total. The summed E-state index contributed by atoms with van der Waals surface area (Å²) < 4.78 is 0. The highest BCUT2D eigenvalue weighted by Gasteiger charge is 2.54. The Balaban J connectivity index is 1.65. The number of aliphatic hydroxyl groups is 2. The molecule has 0 spiro atoms. The number of allylic oxidation sites excluding steroid dienone is 2. The number of carbonyl (C=O) groups is 2. The number of nitrogens with zero attached hydrogens (tertiary/aromatic N) is 2. The molecule has 2 heterocycles. The van der Waals surface area contributed by atoms with Crippen LogP contribution in [0.5, 0.6) is 5.75 Å². The number of hydrogen-bond donors (Lipinski definition) is 3. The number of aliphatic hydroxyl groups excluding tert-OH is 2. The van der Waals surface area contributed by atoms with Crippen molar-refractivity contribution >= 4 is 35.1 Å². The van der Waals surface area contributed by atoms with Gasteiger partial charge in [-0.05, 0) is 85.2 Å². The number of phenols is 1. The fourth-order valence-electron chi connectivity index (χ4n) is 6.10. The minimum absolute atomic E-state index is 0.0745. The molecule has 0 unspecified atom stereocenters. The number of halogens is 1. The van der Waals surface area contributed by atoms with Crippen molar-refractivity contribution in [1.82, 2.24) is 9.88 Å². The van der Waals surface area contributed by atoms with Gasteiger partial charge in [-0.3, -0.25) is 19.5 Å². The van der Waals surface area contributed by atoms with E-state index in [9.17, 15) is 24.9 Å². The standard InChI is InChI=1S/C31H37ClN2O5/c1-3-7-21-16-23-29(31(39)34(14-4-2)30(23)38)24(18-35)28(21)27(37)12-10-20(26-8-5-6-13-33-26)15-19-9-11-22(36)17-25(19)32/h5-6,8-9,11,13,15,17,23-24,27,29,35-37H,3-4,7,10,12,14,16,18H2,1-2H3/b20-15-/t23-,24+,27-,29-/m1/s1. The zero-order valence-corrected chi connectivity index (χ0v) is 23.3. The quantitative estimate of drug-likeness (QED) is 0.260. The Hall–Kier alpha value is -3.00. The van der Waals surface area contributed by atoms with Crippen LogP contribution >= 0.6 is 11.6 Å². The number of pyridine rings is 1. The Morgan fingerprint density at radius 3 is 2.62 bits per heavy atom. The van der Waals surface area contributed by atoms with Gasteiger partial charge in [-0.25, -0.2) is 0 Å². The number of rotatable bonds is 11. The monoisotopic (exact) mass is 552 g/mol. The van der Waals surface area contributed by atoms with Crippen LogP contribution in [0.3, 0.4) is 0 Å². The number of carbonyl (C=O) groups excluding carboxylic acids is 2. The molecule has 1 fully saturated rings. The summed E-state index contributed by atoms with van der Waals surface area (Å²) in [5, 5.41) is 32.2. The summed E-state index contributed by atoms with van der Waals surface area (Å²) in [6.45, 7) is 4.05. The van der Waals surface area contributed by atoms with Gasteiger partial charge in [-0.2, -0.15) is 0 Å². The van der Waals surface area contributed by atoms with Gasteiger partial charge in [0.1, 0.15) is 5.75 Å². The number of aromatic hydroxyl groups is 1. The van der Waals surface area contributed by atoms with Gasteiger partial charge in [0, 0.05) is 18.7 Å². The highest BCUT2D eigenvalue weighted by atomic mass is 35.5. The van der Waals surface area contributed by atoms with Crippen LogP contribution < -0.4 is 0 Å². The minimum atomic E-state index is -0.893. The molecule has 4 rings (SSSR count). The van der Waals surface area contributed by atoms with Gasteiger partial charge in [0.2, 0.25) is 11.8 Å². The number of aromatic nitrogens is 1. The van der Waals surface area contributed by atoms with Crippen molar-refractivity contribution in [3.8, 4) is 5.75 Å². The second kappa shape index (κ2) is 12.9. The lowest BCUT2D eigenvalue weighted by molar-refractivity contribution is -0.140. The number of fused-ring (bicyclic) bond motifs is 1.